The van der Waals surface area contributed by atoms with E-state index < -0.39 is 17.7 Å². The third-order valence-electron chi connectivity index (χ3n) is 6.56. The molecule has 1 unspecified atom stereocenters. The van der Waals surface area contributed by atoms with Gasteiger partial charge in [-0.2, -0.15) is 0 Å². The van der Waals surface area contributed by atoms with E-state index in [4.69, 9.17) is 9.47 Å². The van der Waals surface area contributed by atoms with Crippen molar-refractivity contribution in [1.29, 1.82) is 0 Å². The van der Waals surface area contributed by atoms with Gasteiger partial charge in [0, 0.05) is 18.5 Å². The van der Waals surface area contributed by atoms with Gasteiger partial charge in [-0.3, -0.25) is 9.59 Å². The first-order chi connectivity index (χ1) is 17.6. The predicted molar refractivity (Wildman–Crippen MR) is 141 cm³/mol. The molecule has 1 amide bonds. The Labute approximate surface area is 217 Å². The lowest BCUT2D eigenvalue weighted by molar-refractivity contribution is -0.140. The number of amides is 1. The van der Waals surface area contributed by atoms with Gasteiger partial charge >= 0.3 is 0 Å². The summed E-state index contributed by atoms with van der Waals surface area (Å²) in [4.78, 5) is 28.3. The molecule has 2 aliphatic heterocycles. The van der Waals surface area contributed by atoms with Crippen molar-refractivity contribution in [2.45, 2.75) is 52.3 Å². The summed E-state index contributed by atoms with van der Waals surface area (Å²) in [6, 6.07) is 19.9. The zero-order chi connectivity index (χ0) is 26.3. The molecule has 2 heterocycles. The molecule has 0 spiro atoms. The molecule has 190 valence electrons. The van der Waals surface area contributed by atoms with Gasteiger partial charge in [0.1, 0.15) is 22.9 Å². The summed E-state index contributed by atoms with van der Waals surface area (Å²) < 4.78 is 11.5. The average molecular weight is 498 g/mol. The maximum atomic E-state index is 13.4. The minimum absolute atomic E-state index is 0.0992. The highest BCUT2D eigenvalue weighted by Crippen LogP contribution is 2.41. The summed E-state index contributed by atoms with van der Waals surface area (Å²) in [5.41, 5.74) is 3.89. The lowest BCUT2D eigenvalue weighted by Gasteiger charge is -2.26. The standard InChI is InChI=1S/C31H31NO5/c1-19-6-5-7-22(16-19)27-26(28(33)23-10-13-25-21(17-23)14-15-36-25)29(34)30(35)32(27)18-20-8-11-24(12-9-20)37-31(2,3)4/h5-13,16-17,27,33H,14-15,18H2,1-4H3/b28-26-. The highest BCUT2D eigenvalue weighted by Gasteiger charge is 2.46. The number of hydrogen-bond acceptors (Lipinski definition) is 5. The first-order valence-electron chi connectivity index (χ1n) is 12.5. The molecule has 1 atom stereocenters. The molecule has 0 aliphatic carbocycles. The summed E-state index contributed by atoms with van der Waals surface area (Å²) in [5.74, 6) is 0.0252. The van der Waals surface area contributed by atoms with E-state index in [0.717, 1.165) is 40.2 Å². The molecule has 0 radical (unpaired) electrons. The molecule has 1 saturated heterocycles. The molecule has 0 aromatic heterocycles. The molecule has 6 nitrogen and oxygen atoms in total. The van der Waals surface area contributed by atoms with Crippen LogP contribution in [0.1, 0.15) is 54.6 Å². The van der Waals surface area contributed by atoms with E-state index in [1.54, 1.807) is 17.0 Å². The van der Waals surface area contributed by atoms with E-state index in [2.05, 4.69) is 0 Å². The number of carbonyl (C=O) groups excluding carboxylic acids is 2. The summed E-state index contributed by atoms with van der Waals surface area (Å²) in [7, 11) is 0. The first kappa shape index (κ1) is 24.6. The fourth-order valence-corrected chi connectivity index (χ4v) is 4.93. The van der Waals surface area contributed by atoms with Crippen LogP contribution in [-0.2, 0) is 22.6 Å². The van der Waals surface area contributed by atoms with Crippen LogP contribution < -0.4 is 9.47 Å². The summed E-state index contributed by atoms with van der Waals surface area (Å²) in [6.45, 7) is 8.72. The second-order valence-corrected chi connectivity index (χ2v) is 10.6. The minimum Gasteiger partial charge on any atom is -0.507 e. The van der Waals surface area contributed by atoms with Gasteiger partial charge in [0.25, 0.3) is 11.7 Å². The smallest absolute Gasteiger partial charge is 0.295 e. The Hall–Kier alpha value is -4.06. The molecular weight excluding hydrogens is 466 g/mol. The monoisotopic (exact) mass is 497 g/mol. The number of rotatable bonds is 5. The van der Waals surface area contributed by atoms with Crippen molar-refractivity contribution < 1.29 is 24.2 Å². The van der Waals surface area contributed by atoms with Gasteiger partial charge in [0.05, 0.1) is 18.2 Å². The number of nitrogens with zero attached hydrogens (tertiary/aromatic N) is 1. The van der Waals surface area contributed by atoms with Crippen LogP contribution in [-0.4, -0.2) is 33.9 Å². The average Bonchev–Trinajstić information content (AvgIpc) is 3.42. The van der Waals surface area contributed by atoms with Crippen LogP contribution >= 0.6 is 0 Å². The van der Waals surface area contributed by atoms with Crippen LogP contribution in [0.4, 0.5) is 0 Å². The molecule has 0 bridgehead atoms. The number of hydrogen-bond donors (Lipinski definition) is 1. The number of likely N-dealkylation sites (tertiary alicyclic amines) is 1. The molecule has 1 N–H and O–H groups in total. The number of fused-ring (bicyclic) bond motifs is 1. The zero-order valence-electron chi connectivity index (χ0n) is 21.6. The molecule has 37 heavy (non-hydrogen) atoms. The topological polar surface area (TPSA) is 76.1 Å². The highest BCUT2D eigenvalue weighted by molar-refractivity contribution is 6.46. The van der Waals surface area contributed by atoms with E-state index in [0.29, 0.717) is 12.2 Å². The molecule has 5 rings (SSSR count). The van der Waals surface area contributed by atoms with Crippen molar-refractivity contribution in [2.24, 2.45) is 0 Å². The zero-order valence-corrected chi connectivity index (χ0v) is 21.6. The van der Waals surface area contributed by atoms with Gasteiger partial charge < -0.3 is 19.5 Å². The molecule has 1 fully saturated rings. The van der Waals surface area contributed by atoms with Gasteiger partial charge in [0.15, 0.2) is 0 Å². The Balaban J connectivity index is 1.55. The molecular formula is C31H31NO5. The fraction of sp³-hybridized carbons (Fsp3) is 0.290. The number of benzene rings is 3. The molecule has 3 aromatic carbocycles. The second kappa shape index (κ2) is 9.43. The van der Waals surface area contributed by atoms with Gasteiger partial charge in [-0.05, 0) is 74.7 Å². The Morgan fingerprint density at radius 2 is 1.81 bits per heavy atom. The van der Waals surface area contributed by atoms with E-state index in [1.165, 1.54) is 0 Å². The van der Waals surface area contributed by atoms with Gasteiger partial charge in [-0.25, -0.2) is 0 Å². The Morgan fingerprint density at radius 1 is 1.05 bits per heavy atom. The van der Waals surface area contributed by atoms with Gasteiger partial charge in [-0.1, -0.05) is 42.0 Å². The number of aliphatic hydroxyl groups excluding tert-OH is 1. The van der Waals surface area contributed by atoms with Crippen molar-refractivity contribution in [2.75, 3.05) is 6.61 Å². The van der Waals surface area contributed by atoms with Gasteiger partial charge in [0.2, 0.25) is 0 Å². The van der Waals surface area contributed by atoms with Crippen molar-refractivity contribution >= 4 is 17.4 Å². The second-order valence-electron chi connectivity index (χ2n) is 10.6. The first-order valence-corrected chi connectivity index (χ1v) is 12.5. The van der Waals surface area contributed by atoms with Crippen LogP contribution in [0.25, 0.3) is 5.76 Å². The SMILES string of the molecule is Cc1cccc(C2/C(=C(/O)c3ccc4c(c3)CCO4)C(=O)C(=O)N2Cc2ccc(OC(C)(C)C)cc2)c1. The maximum absolute atomic E-state index is 13.4. The number of ether oxygens (including phenoxy) is 2. The van der Waals surface area contributed by atoms with E-state index in [1.807, 2.05) is 82.3 Å². The van der Waals surface area contributed by atoms with Crippen LogP contribution in [0.3, 0.4) is 0 Å². The lowest BCUT2D eigenvalue weighted by atomic mass is 9.93. The van der Waals surface area contributed by atoms with Crippen molar-refractivity contribution in [3.63, 3.8) is 0 Å². The summed E-state index contributed by atoms with van der Waals surface area (Å²) in [5, 5.41) is 11.4. The van der Waals surface area contributed by atoms with Crippen molar-refractivity contribution in [3.05, 3.63) is 100 Å². The van der Waals surface area contributed by atoms with Crippen LogP contribution in [0.15, 0.2) is 72.3 Å². The van der Waals surface area contributed by atoms with E-state index in [9.17, 15) is 14.7 Å². The lowest BCUT2D eigenvalue weighted by Crippen LogP contribution is -2.29. The Morgan fingerprint density at radius 3 is 2.51 bits per heavy atom. The third-order valence-corrected chi connectivity index (χ3v) is 6.56. The number of aryl methyl sites for hydroxylation is 1. The van der Waals surface area contributed by atoms with Crippen LogP contribution in [0, 0.1) is 6.92 Å². The van der Waals surface area contributed by atoms with Crippen LogP contribution in [0.2, 0.25) is 0 Å². The third kappa shape index (κ3) is 4.96. The quantitative estimate of drug-likeness (QED) is 0.277. The number of Topliss-reactive ketones (excluding diaryl/α,β-unsaturated/α-hetero) is 1. The maximum Gasteiger partial charge on any atom is 0.295 e. The normalized spacial score (nSPS) is 18.6. The predicted octanol–water partition coefficient (Wildman–Crippen LogP) is 5.73. The van der Waals surface area contributed by atoms with E-state index >= 15 is 0 Å². The molecule has 2 aliphatic rings. The van der Waals surface area contributed by atoms with E-state index in [-0.39, 0.29) is 23.5 Å². The number of ketones is 1. The van der Waals surface area contributed by atoms with Crippen molar-refractivity contribution in [3.8, 4) is 11.5 Å². The number of aliphatic hydroxyl groups is 1. The van der Waals surface area contributed by atoms with Crippen LogP contribution in [0.5, 0.6) is 11.5 Å². The highest BCUT2D eigenvalue weighted by atomic mass is 16.5. The Bertz CT molecular complexity index is 1400. The molecule has 6 heteroatoms. The van der Waals surface area contributed by atoms with Gasteiger partial charge in [-0.15, -0.1) is 0 Å². The minimum atomic E-state index is -0.713. The molecule has 0 saturated carbocycles. The fourth-order valence-electron chi connectivity index (χ4n) is 4.93. The largest absolute Gasteiger partial charge is 0.507 e. The summed E-state index contributed by atoms with van der Waals surface area (Å²) in [6.07, 6.45) is 0.737. The van der Waals surface area contributed by atoms with Crippen molar-refractivity contribution in [1.82, 2.24) is 4.90 Å². The number of carbonyl (C=O) groups is 2. The summed E-state index contributed by atoms with van der Waals surface area (Å²) >= 11 is 0. The Kier molecular flexibility index (Phi) is 6.28. The molecule has 3 aromatic rings.